The van der Waals surface area contributed by atoms with Crippen LogP contribution in [0.1, 0.15) is 16.1 Å². The van der Waals surface area contributed by atoms with Crippen molar-refractivity contribution in [2.24, 2.45) is 0 Å². The van der Waals surface area contributed by atoms with Crippen LogP contribution >= 0.6 is 15.9 Å². The Morgan fingerprint density at radius 1 is 1.07 bits per heavy atom. The molecule has 1 N–H and O–H groups in total. The van der Waals surface area contributed by atoms with Crippen molar-refractivity contribution in [1.29, 1.82) is 0 Å². The lowest BCUT2D eigenvalue weighted by molar-refractivity contribution is 0.0945. The molecule has 1 aromatic heterocycles. The van der Waals surface area contributed by atoms with Crippen LogP contribution in [0.15, 0.2) is 57.5 Å². The quantitative estimate of drug-likeness (QED) is 0.610. The van der Waals surface area contributed by atoms with Crippen LogP contribution < -0.4 is 14.8 Å². The van der Waals surface area contributed by atoms with Gasteiger partial charge in [-0.1, -0.05) is 39.3 Å². The van der Waals surface area contributed by atoms with Gasteiger partial charge in [0.05, 0.1) is 14.2 Å². The lowest BCUT2D eigenvalue weighted by Gasteiger charge is -2.09. The molecule has 6 nitrogen and oxygen atoms in total. The minimum atomic E-state index is -0.275. The number of carbonyl (C=O) groups is 1. The molecule has 0 saturated carbocycles. The van der Waals surface area contributed by atoms with Gasteiger partial charge in [-0.15, -0.1) is 0 Å². The summed E-state index contributed by atoms with van der Waals surface area (Å²) in [5.41, 5.74) is 2.14. The van der Waals surface area contributed by atoms with Crippen molar-refractivity contribution in [3.8, 4) is 22.8 Å². The number of methoxy groups -OCH3 is 2. The summed E-state index contributed by atoms with van der Waals surface area (Å²) in [7, 11) is 3.19. The molecule has 0 unspecified atom stereocenters. The SMILES string of the molecule is COc1ccc(CCNC(=O)c2cc(-c3ccc(Br)cc3)on2)cc1OC. The number of hydrogen-bond donors (Lipinski definition) is 1. The molecule has 0 aliphatic heterocycles. The summed E-state index contributed by atoms with van der Waals surface area (Å²) in [6.45, 7) is 0.467. The molecule has 0 bridgehead atoms. The number of amides is 1. The highest BCUT2D eigenvalue weighted by atomic mass is 79.9. The van der Waals surface area contributed by atoms with E-state index < -0.39 is 0 Å². The van der Waals surface area contributed by atoms with Gasteiger partial charge in [-0.25, -0.2) is 0 Å². The molecule has 140 valence electrons. The standard InChI is InChI=1S/C20H19BrN2O4/c1-25-17-8-3-13(11-19(17)26-2)9-10-22-20(24)16-12-18(27-23-16)14-4-6-15(21)7-5-14/h3-8,11-12H,9-10H2,1-2H3,(H,22,24). The number of rotatable bonds is 7. The Hall–Kier alpha value is -2.80. The number of nitrogens with zero attached hydrogens (tertiary/aromatic N) is 1. The van der Waals surface area contributed by atoms with Crippen LogP contribution in [-0.4, -0.2) is 31.8 Å². The largest absolute Gasteiger partial charge is 0.493 e. The molecule has 0 spiro atoms. The van der Waals surface area contributed by atoms with E-state index in [0.29, 0.717) is 30.2 Å². The molecule has 27 heavy (non-hydrogen) atoms. The Balaban J connectivity index is 1.58. The average molecular weight is 431 g/mol. The highest BCUT2D eigenvalue weighted by Gasteiger charge is 2.13. The van der Waals surface area contributed by atoms with Crippen LogP contribution in [0.25, 0.3) is 11.3 Å². The first-order chi connectivity index (χ1) is 13.1. The van der Waals surface area contributed by atoms with E-state index >= 15 is 0 Å². The minimum absolute atomic E-state index is 0.250. The maximum Gasteiger partial charge on any atom is 0.273 e. The molecule has 7 heteroatoms. The summed E-state index contributed by atoms with van der Waals surface area (Å²) in [6, 6.07) is 14.9. The predicted molar refractivity (Wildman–Crippen MR) is 105 cm³/mol. The summed E-state index contributed by atoms with van der Waals surface area (Å²) in [5.74, 6) is 1.61. The summed E-state index contributed by atoms with van der Waals surface area (Å²) in [4.78, 5) is 12.3. The summed E-state index contributed by atoms with van der Waals surface area (Å²) in [5, 5.41) is 6.70. The Morgan fingerprint density at radius 3 is 2.52 bits per heavy atom. The Morgan fingerprint density at radius 2 is 1.81 bits per heavy atom. The molecule has 3 aromatic rings. The molecule has 0 aliphatic carbocycles. The van der Waals surface area contributed by atoms with Gasteiger partial charge in [0.1, 0.15) is 0 Å². The van der Waals surface area contributed by atoms with Crippen molar-refractivity contribution in [1.82, 2.24) is 10.5 Å². The minimum Gasteiger partial charge on any atom is -0.493 e. The maximum absolute atomic E-state index is 12.3. The van der Waals surface area contributed by atoms with Gasteiger partial charge < -0.3 is 19.3 Å². The van der Waals surface area contributed by atoms with Gasteiger partial charge in [0.2, 0.25) is 0 Å². The van der Waals surface area contributed by atoms with E-state index in [1.54, 1.807) is 20.3 Å². The van der Waals surface area contributed by atoms with Gasteiger partial charge in [-0.3, -0.25) is 4.79 Å². The molecule has 1 amide bonds. The summed E-state index contributed by atoms with van der Waals surface area (Å²) in [6.07, 6.45) is 0.656. The van der Waals surface area contributed by atoms with E-state index in [9.17, 15) is 4.79 Å². The van der Waals surface area contributed by atoms with Crippen molar-refractivity contribution in [2.45, 2.75) is 6.42 Å². The zero-order chi connectivity index (χ0) is 19.2. The molecule has 0 aliphatic rings. The van der Waals surface area contributed by atoms with Gasteiger partial charge in [-0.05, 0) is 36.2 Å². The van der Waals surface area contributed by atoms with Gasteiger partial charge in [0, 0.05) is 22.6 Å². The highest BCUT2D eigenvalue weighted by Crippen LogP contribution is 2.27. The monoisotopic (exact) mass is 430 g/mol. The first-order valence-electron chi connectivity index (χ1n) is 8.32. The second kappa shape index (κ2) is 8.73. The van der Waals surface area contributed by atoms with Gasteiger partial charge in [0.25, 0.3) is 5.91 Å². The lowest BCUT2D eigenvalue weighted by atomic mass is 10.1. The molecular formula is C20H19BrN2O4. The fourth-order valence-electron chi connectivity index (χ4n) is 2.58. The smallest absolute Gasteiger partial charge is 0.273 e. The average Bonchev–Trinajstić information content (AvgIpc) is 3.18. The predicted octanol–water partition coefficient (Wildman–Crippen LogP) is 4.09. The number of hydrogen-bond acceptors (Lipinski definition) is 5. The van der Waals surface area contributed by atoms with Crippen molar-refractivity contribution < 1.29 is 18.8 Å². The first kappa shape index (κ1) is 19.0. The van der Waals surface area contributed by atoms with Crippen LogP contribution in [0.2, 0.25) is 0 Å². The van der Waals surface area contributed by atoms with Gasteiger partial charge in [0.15, 0.2) is 23.0 Å². The number of halogens is 1. The third-order valence-corrected chi connectivity index (χ3v) is 4.55. The second-order valence-electron chi connectivity index (χ2n) is 5.78. The van der Waals surface area contributed by atoms with E-state index in [-0.39, 0.29) is 11.6 Å². The molecular weight excluding hydrogens is 412 g/mol. The number of carbonyl (C=O) groups excluding carboxylic acids is 1. The van der Waals surface area contributed by atoms with Gasteiger partial charge >= 0.3 is 0 Å². The van der Waals surface area contributed by atoms with Gasteiger partial charge in [-0.2, -0.15) is 0 Å². The lowest BCUT2D eigenvalue weighted by Crippen LogP contribution is -2.25. The Bertz CT molecular complexity index is 922. The zero-order valence-electron chi connectivity index (χ0n) is 15.0. The van der Waals surface area contributed by atoms with Crippen molar-refractivity contribution in [3.05, 3.63) is 64.3 Å². The highest BCUT2D eigenvalue weighted by molar-refractivity contribution is 9.10. The van der Waals surface area contributed by atoms with Crippen LogP contribution in [0.4, 0.5) is 0 Å². The Labute approximate surface area is 165 Å². The molecule has 2 aromatic carbocycles. The third-order valence-electron chi connectivity index (χ3n) is 4.02. The third kappa shape index (κ3) is 4.68. The van der Waals surface area contributed by atoms with Crippen LogP contribution in [0.3, 0.4) is 0 Å². The fourth-order valence-corrected chi connectivity index (χ4v) is 2.84. The van der Waals surface area contributed by atoms with E-state index in [2.05, 4.69) is 26.4 Å². The van der Waals surface area contributed by atoms with Crippen molar-refractivity contribution in [2.75, 3.05) is 20.8 Å². The molecule has 1 heterocycles. The number of ether oxygens (including phenoxy) is 2. The molecule has 0 fully saturated rings. The maximum atomic E-state index is 12.3. The normalized spacial score (nSPS) is 10.5. The van der Waals surface area contributed by atoms with E-state index in [0.717, 1.165) is 15.6 Å². The zero-order valence-corrected chi connectivity index (χ0v) is 16.6. The molecule has 3 rings (SSSR count). The molecule has 0 saturated heterocycles. The van der Waals surface area contributed by atoms with Crippen LogP contribution in [-0.2, 0) is 6.42 Å². The number of aromatic nitrogens is 1. The first-order valence-corrected chi connectivity index (χ1v) is 9.12. The summed E-state index contributed by atoms with van der Waals surface area (Å²) < 4.78 is 16.8. The van der Waals surface area contributed by atoms with Crippen LogP contribution in [0.5, 0.6) is 11.5 Å². The van der Waals surface area contributed by atoms with E-state index in [4.69, 9.17) is 14.0 Å². The molecule has 0 atom stereocenters. The fraction of sp³-hybridized carbons (Fsp3) is 0.200. The Kier molecular flexibility index (Phi) is 6.13. The number of benzene rings is 2. The topological polar surface area (TPSA) is 73.6 Å². The van der Waals surface area contributed by atoms with Crippen LogP contribution in [0, 0.1) is 0 Å². The van der Waals surface area contributed by atoms with E-state index in [1.807, 2.05) is 42.5 Å². The molecule has 0 radical (unpaired) electrons. The number of nitrogens with one attached hydrogen (secondary N) is 1. The van der Waals surface area contributed by atoms with Crippen molar-refractivity contribution >= 4 is 21.8 Å². The van der Waals surface area contributed by atoms with Crippen molar-refractivity contribution in [3.63, 3.8) is 0 Å². The second-order valence-corrected chi connectivity index (χ2v) is 6.69. The summed E-state index contributed by atoms with van der Waals surface area (Å²) >= 11 is 3.39. The van der Waals surface area contributed by atoms with E-state index in [1.165, 1.54) is 0 Å².